The summed E-state index contributed by atoms with van der Waals surface area (Å²) in [6.07, 6.45) is 1.87. The van der Waals surface area contributed by atoms with Gasteiger partial charge < -0.3 is 5.11 Å². The van der Waals surface area contributed by atoms with Gasteiger partial charge in [0, 0.05) is 33.0 Å². The Hall–Kier alpha value is -4.87. The number of rotatable bonds is 5. The Labute approximate surface area is 281 Å². The average Bonchev–Trinajstić information content (AvgIpc) is 3.38. The highest BCUT2D eigenvalue weighted by atomic mass is 32.2. The van der Waals surface area contributed by atoms with Gasteiger partial charge in [0.25, 0.3) is 0 Å². The topological polar surface area (TPSA) is 50.9 Å². The molecule has 0 aliphatic carbocycles. The van der Waals surface area contributed by atoms with E-state index < -0.39 is 0 Å². The second-order valence-electron chi connectivity index (χ2n) is 14.2. The molecule has 0 saturated heterocycles. The van der Waals surface area contributed by atoms with Crippen LogP contribution in [0.3, 0.4) is 0 Å². The van der Waals surface area contributed by atoms with Crippen LogP contribution in [-0.2, 0) is 10.8 Å². The molecule has 0 fully saturated rings. The van der Waals surface area contributed by atoms with Gasteiger partial charge in [0.05, 0.1) is 16.9 Å². The first kappa shape index (κ1) is 30.8. The summed E-state index contributed by atoms with van der Waals surface area (Å²) in [5, 5.41) is 15.0. The molecule has 0 spiro atoms. The Morgan fingerprint density at radius 2 is 1.38 bits per heavy atom. The molecule has 0 bridgehead atoms. The summed E-state index contributed by atoms with van der Waals surface area (Å²) in [7, 11) is 0. The van der Waals surface area contributed by atoms with Gasteiger partial charge in [-0.05, 0) is 76.1 Å². The Balaban J connectivity index is 1.36. The number of phenolic OH excluding ortho intramolecular Hbond substituents is 1. The largest absolute Gasteiger partial charge is 0.505 e. The van der Waals surface area contributed by atoms with Crippen LogP contribution in [-0.4, -0.2) is 19.6 Å². The van der Waals surface area contributed by atoms with E-state index in [4.69, 9.17) is 4.98 Å². The second-order valence-corrected chi connectivity index (χ2v) is 15.3. The molecule has 0 saturated carbocycles. The summed E-state index contributed by atoms with van der Waals surface area (Å²) in [5.74, 6) is 0.295. The number of aromatic nitrogens is 3. The normalized spacial score (nSPS) is 12.2. The zero-order valence-corrected chi connectivity index (χ0v) is 28.6. The van der Waals surface area contributed by atoms with Gasteiger partial charge in [0.1, 0.15) is 16.4 Å². The minimum absolute atomic E-state index is 0.104. The fourth-order valence-corrected chi connectivity index (χ4v) is 7.03. The van der Waals surface area contributed by atoms with Crippen molar-refractivity contribution in [2.24, 2.45) is 0 Å². The van der Waals surface area contributed by atoms with Crippen molar-refractivity contribution in [1.82, 2.24) is 14.5 Å². The highest BCUT2D eigenvalue weighted by molar-refractivity contribution is 7.99. The third-order valence-corrected chi connectivity index (χ3v) is 9.64. The number of pyridine rings is 2. The maximum atomic E-state index is 11.9. The Kier molecular flexibility index (Phi) is 7.68. The van der Waals surface area contributed by atoms with E-state index in [-0.39, 0.29) is 10.8 Å². The van der Waals surface area contributed by atoms with Crippen molar-refractivity contribution in [1.29, 1.82) is 0 Å². The third-order valence-electron chi connectivity index (χ3n) is 8.72. The molecule has 7 rings (SSSR count). The lowest BCUT2D eigenvalue weighted by Gasteiger charge is -2.28. The molecule has 4 aromatic carbocycles. The van der Waals surface area contributed by atoms with E-state index in [1.807, 2.05) is 18.3 Å². The lowest BCUT2D eigenvalue weighted by Crippen LogP contribution is -2.18. The monoisotopic (exact) mass is 633 g/mol. The number of nitrogens with zero attached hydrogens (tertiary/aromatic N) is 3. The quantitative estimate of drug-likeness (QED) is 0.205. The van der Waals surface area contributed by atoms with Crippen molar-refractivity contribution in [3.63, 3.8) is 0 Å². The molecule has 0 unspecified atom stereocenters. The molecular formula is C42H39N3OS. The molecule has 3 heterocycles. The molecule has 0 radical (unpaired) electrons. The zero-order chi connectivity index (χ0) is 32.9. The Bertz CT molecular complexity index is 2260. The second kappa shape index (κ2) is 11.7. The summed E-state index contributed by atoms with van der Waals surface area (Å²) in [5.41, 5.74) is 8.56. The van der Waals surface area contributed by atoms with Gasteiger partial charge in [0.2, 0.25) is 0 Å². The van der Waals surface area contributed by atoms with Gasteiger partial charge >= 0.3 is 0 Å². The SMILES string of the molecule is CC(C)(C)c1cc(-n2c3ccccc3c3ccc(-c4cccc(Sc5cc(-c6ccccc6)ccn5)c4)nc32)c(O)c(C(C)(C)C)c1. The number of fused-ring (bicyclic) bond motifs is 3. The van der Waals surface area contributed by atoms with Crippen LogP contribution in [0.2, 0.25) is 0 Å². The summed E-state index contributed by atoms with van der Waals surface area (Å²) >= 11 is 1.65. The van der Waals surface area contributed by atoms with E-state index in [0.717, 1.165) is 59.9 Å². The molecule has 47 heavy (non-hydrogen) atoms. The number of hydrogen-bond donors (Lipinski definition) is 1. The molecule has 5 heteroatoms. The van der Waals surface area contributed by atoms with Gasteiger partial charge in [-0.2, -0.15) is 0 Å². The smallest absolute Gasteiger partial charge is 0.146 e. The van der Waals surface area contributed by atoms with Crippen molar-refractivity contribution in [3.05, 3.63) is 133 Å². The highest BCUT2D eigenvalue weighted by Crippen LogP contribution is 2.43. The molecular weight excluding hydrogens is 595 g/mol. The molecule has 7 aromatic rings. The van der Waals surface area contributed by atoms with Crippen LogP contribution >= 0.6 is 11.8 Å². The number of phenols is 1. The maximum absolute atomic E-state index is 11.9. The van der Waals surface area contributed by atoms with Crippen molar-refractivity contribution < 1.29 is 5.11 Å². The van der Waals surface area contributed by atoms with Crippen LogP contribution in [0, 0.1) is 0 Å². The fourth-order valence-electron chi connectivity index (χ4n) is 6.15. The van der Waals surface area contributed by atoms with E-state index in [2.05, 4.69) is 154 Å². The van der Waals surface area contributed by atoms with Crippen LogP contribution in [0.15, 0.2) is 131 Å². The van der Waals surface area contributed by atoms with Crippen LogP contribution in [0.1, 0.15) is 52.7 Å². The lowest BCUT2D eigenvalue weighted by molar-refractivity contribution is 0.442. The van der Waals surface area contributed by atoms with E-state index in [0.29, 0.717) is 5.75 Å². The first-order valence-electron chi connectivity index (χ1n) is 16.1. The minimum Gasteiger partial charge on any atom is -0.505 e. The molecule has 0 aliphatic rings. The number of hydrogen-bond acceptors (Lipinski definition) is 4. The first-order chi connectivity index (χ1) is 22.5. The third kappa shape index (κ3) is 5.92. The Morgan fingerprint density at radius 1 is 0.638 bits per heavy atom. The van der Waals surface area contributed by atoms with Gasteiger partial charge in [-0.1, -0.05) is 120 Å². The van der Waals surface area contributed by atoms with E-state index in [1.54, 1.807) is 11.8 Å². The highest BCUT2D eigenvalue weighted by Gasteiger charge is 2.27. The summed E-state index contributed by atoms with van der Waals surface area (Å²) in [6.45, 7) is 13.1. The number of aromatic hydroxyl groups is 1. The van der Waals surface area contributed by atoms with Crippen molar-refractivity contribution >= 4 is 33.7 Å². The summed E-state index contributed by atoms with van der Waals surface area (Å²) in [4.78, 5) is 11.1. The predicted molar refractivity (Wildman–Crippen MR) is 197 cm³/mol. The number of para-hydroxylation sites is 1. The van der Waals surface area contributed by atoms with Gasteiger partial charge in [-0.15, -0.1) is 0 Å². The van der Waals surface area contributed by atoms with Crippen LogP contribution in [0.4, 0.5) is 0 Å². The summed E-state index contributed by atoms with van der Waals surface area (Å²) < 4.78 is 2.14. The van der Waals surface area contributed by atoms with Crippen molar-refractivity contribution in [2.75, 3.05) is 0 Å². The standard InChI is InChI=1S/C42H39N3OS/c1-41(2,3)30-25-34(42(4,5)6)39(46)37(26-30)45-36-18-11-10-17-32(36)33-19-20-35(44-40(33)45)29-15-12-16-31(23-29)47-38-24-28(21-22-43-38)27-13-8-7-9-14-27/h7-26,46H,1-6H3. The number of benzene rings is 4. The van der Waals surface area contributed by atoms with Gasteiger partial charge in [0.15, 0.2) is 0 Å². The molecule has 0 atom stereocenters. The zero-order valence-electron chi connectivity index (χ0n) is 27.7. The van der Waals surface area contributed by atoms with Crippen molar-refractivity contribution in [3.8, 4) is 33.8 Å². The predicted octanol–water partition coefficient (Wildman–Crippen LogP) is 11.4. The van der Waals surface area contributed by atoms with Crippen LogP contribution in [0.25, 0.3) is 50.0 Å². The van der Waals surface area contributed by atoms with Crippen LogP contribution < -0.4 is 0 Å². The lowest BCUT2D eigenvalue weighted by atomic mass is 9.79. The molecule has 3 aromatic heterocycles. The first-order valence-corrected chi connectivity index (χ1v) is 16.9. The summed E-state index contributed by atoms with van der Waals surface area (Å²) in [6, 6.07) is 40.0. The molecule has 0 aliphatic heterocycles. The molecule has 1 N–H and O–H groups in total. The van der Waals surface area contributed by atoms with E-state index in [9.17, 15) is 5.11 Å². The van der Waals surface area contributed by atoms with Gasteiger partial charge in [-0.25, -0.2) is 9.97 Å². The molecule has 234 valence electrons. The van der Waals surface area contributed by atoms with E-state index in [1.165, 1.54) is 11.1 Å². The minimum atomic E-state index is -0.245. The van der Waals surface area contributed by atoms with E-state index >= 15 is 0 Å². The Morgan fingerprint density at radius 3 is 2.15 bits per heavy atom. The average molecular weight is 634 g/mol. The maximum Gasteiger partial charge on any atom is 0.146 e. The molecule has 0 amide bonds. The van der Waals surface area contributed by atoms with Crippen molar-refractivity contribution in [2.45, 2.75) is 62.3 Å². The fraction of sp³-hybridized carbons (Fsp3) is 0.190. The molecule has 4 nitrogen and oxygen atoms in total. The van der Waals surface area contributed by atoms with Crippen LogP contribution in [0.5, 0.6) is 5.75 Å². The van der Waals surface area contributed by atoms with Gasteiger partial charge in [-0.3, -0.25) is 4.57 Å².